The molecule has 1 aromatic carbocycles. The molecule has 0 aliphatic carbocycles. The van der Waals surface area contributed by atoms with Crippen LogP contribution < -0.4 is 4.31 Å². The summed E-state index contributed by atoms with van der Waals surface area (Å²) in [6.45, 7) is 5.17. The molecule has 2 rings (SSSR count). The van der Waals surface area contributed by atoms with Gasteiger partial charge < -0.3 is 4.74 Å². The molecular formula is C17H21BrN2O5S. The number of fused-ring (bicyclic) bond motifs is 1. The quantitative estimate of drug-likeness (QED) is 0.381. The summed E-state index contributed by atoms with van der Waals surface area (Å²) >= 11 is 3.30. The number of anilines is 1. The van der Waals surface area contributed by atoms with Gasteiger partial charge in [-0.2, -0.15) is 0 Å². The van der Waals surface area contributed by atoms with Crippen molar-refractivity contribution in [3.8, 4) is 0 Å². The van der Waals surface area contributed by atoms with E-state index in [1.54, 1.807) is 31.1 Å². The van der Waals surface area contributed by atoms with E-state index in [2.05, 4.69) is 15.9 Å². The van der Waals surface area contributed by atoms with Crippen molar-refractivity contribution in [2.75, 3.05) is 29.0 Å². The number of carbonyl (C=O) groups is 3. The molecule has 1 heterocycles. The van der Waals surface area contributed by atoms with Gasteiger partial charge >= 0.3 is 5.97 Å². The van der Waals surface area contributed by atoms with Gasteiger partial charge in [-0.1, -0.05) is 15.9 Å². The minimum absolute atomic E-state index is 0.195. The van der Waals surface area contributed by atoms with E-state index in [4.69, 9.17) is 4.74 Å². The van der Waals surface area contributed by atoms with E-state index in [-0.39, 0.29) is 11.1 Å². The number of hydrogen-bond donors (Lipinski definition) is 0. The van der Waals surface area contributed by atoms with Gasteiger partial charge in [-0.15, -0.1) is 0 Å². The third kappa shape index (κ3) is 4.50. The van der Waals surface area contributed by atoms with Crippen LogP contribution in [0.5, 0.6) is 0 Å². The van der Waals surface area contributed by atoms with Crippen LogP contribution in [0.1, 0.15) is 41.5 Å². The molecule has 0 N–H and O–H groups in total. The predicted octanol–water partition coefficient (Wildman–Crippen LogP) is 2.12. The molecule has 26 heavy (non-hydrogen) atoms. The number of imide groups is 1. The van der Waals surface area contributed by atoms with Gasteiger partial charge in [0.05, 0.1) is 16.8 Å². The number of nitrogens with zero attached hydrogens (tertiary/aromatic N) is 2. The summed E-state index contributed by atoms with van der Waals surface area (Å²) in [5, 5.41) is 0.599. The van der Waals surface area contributed by atoms with Crippen molar-refractivity contribution < 1.29 is 23.3 Å². The Morgan fingerprint density at radius 2 is 1.85 bits per heavy atom. The molecule has 1 aliphatic rings. The first kappa shape index (κ1) is 20.6. The molecule has 2 amide bonds. The van der Waals surface area contributed by atoms with E-state index < -0.39 is 40.9 Å². The molecule has 0 aromatic heterocycles. The van der Waals surface area contributed by atoms with Gasteiger partial charge in [-0.05, 0) is 39.0 Å². The minimum Gasteiger partial charge on any atom is -0.459 e. The maximum atomic E-state index is 12.6. The van der Waals surface area contributed by atoms with E-state index >= 15 is 0 Å². The van der Waals surface area contributed by atoms with E-state index in [9.17, 15) is 18.6 Å². The number of esters is 1. The third-order valence-corrected chi connectivity index (χ3v) is 4.92. The molecule has 0 saturated carbocycles. The van der Waals surface area contributed by atoms with Crippen molar-refractivity contribution in [3.05, 3.63) is 29.3 Å². The molecular weight excluding hydrogens is 424 g/mol. The highest BCUT2D eigenvalue weighted by molar-refractivity contribution is 9.09. The average Bonchev–Trinajstić information content (AvgIpc) is 2.75. The molecule has 1 aromatic rings. The van der Waals surface area contributed by atoms with Crippen molar-refractivity contribution in [2.45, 2.75) is 26.4 Å². The molecule has 0 bridgehead atoms. The van der Waals surface area contributed by atoms with E-state index in [1.165, 1.54) is 18.4 Å². The normalized spacial score (nSPS) is 15.0. The second-order valence-electron chi connectivity index (χ2n) is 6.73. The van der Waals surface area contributed by atoms with Crippen molar-refractivity contribution >= 4 is 50.4 Å². The molecule has 0 saturated heterocycles. The zero-order chi connectivity index (χ0) is 19.6. The zero-order valence-electron chi connectivity index (χ0n) is 15.1. The number of halogens is 1. The zero-order valence-corrected chi connectivity index (χ0v) is 17.5. The van der Waals surface area contributed by atoms with Crippen molar-refractivity contribution in [1.29, 1.82) is 0 Å². The summed E-state index contributed by atoms with van der Waals surface area (Å²) in [5.41, 5.74) is 0.290. The SMILES string of the molecule is CS(=O)N(CCBr)c1ccc2c(c1)C(=O)N(CC(=O)OC(C)(C)C)C2=O. The lowest BCUT2D eigenvalue weighted by atomic mass is 10.1. The van der Waals surface area contributed by atoms with Gasteiger partial charge in [0.1, 0.15) is 23.1 Å². The minimum atomic E-state index is -1.28. The van der Waals surface area contributed by atoms with Crippen LogP contribution in [0, 0.1) is 0 Å². The lowest BCUT2D eigenvalue weighted by Crippen LogP contribution is -2.38. The summed E-state index contributed by atoms with van der Waals surface area (Å²) in [7, 11) is -1.28. The van der Waals surface area contributed by atoms with Crippen molar-refractivity contribution in [2.24, 2.45) is 0 Å². The molecule has 1 unspecified atom stereocenters. The van der Waals surface area contributed by atoms with Crippen LogP contribution >= 0.6 is 15.9 Å². The van der Waals surface area contributed by atoms with E-state index in [0.717, 1.165) is 4.90 Å². The van der Waals surface area contributed by atoms with Crippen LogP contribution in [0.3, 0.4) is 0 Å². The summed E-state index contributed by atoms with van der Waals surface area (Å²) in [6.07, 6.45) is 1.54. The van der Waals surface area contributed by atoms with Crippen LogP contribution in [-0.4, -0.2) is 57.2 Å². The Bertz CT molecular complexity index is 775. The fourth-order valence-corrected chi connectivity index (χ4v) is 3.91. The van der Waals surface area contributed by atoms with Crippen LogP contribution in [0.15, 0.2) is 18.2 Å². The number of hydrogen-bond acceptors (Lipinski definition) is 5. The Morgan fingerprint density at radius 3 is 2.38 bits per heavy atom. The van der Waals surface area contributed by atoms with Crippen LogP contribution in [-0.2, 0) is 20.5 Å². The maximum Gasteiger partial charge on any atom is 0.326 e. The second kappa shape index (κ2) is 7.87. The lowest BCUT2D eigenvalue weighted by Gasteiger charge is -2.21. The first-order valence-electron chi connectivity index (χ1n) is 7.94. The highest BCUT2D eigenvalue weighted by atomic mass is 79.9. The predicted molar refractivity (Wildman–Crippen MR) is 103 cm³/mol. The van der Waals surface area contributed by atoms with Crippen molar-refractivity contribution in [1.82, 2.24) is 4.90 Å². The number of carbonyl (C=O) groups excluding carboxylic acids is 3. The molecule has 0 spiro atoms. The van der Waals surface area contributed by atoms with Crippen LogP contribution in [0.2, 0.25) is 0 Å². The summed E-state index contributed by atoms with van der Waals surface area (Å²) in [5.74, 6) is -1.74. The second-order valence-corrected chi connectivity index (χ2v) is 8.81. The number of ether oxygens (including phenoxy) is 1. The molecule has 0 radical (unpaired) electrons. The maximum absolute atomic E-state index is 12.6. The van der Waals surface area contributed by atoms with Gasteiger partial charge in [0.15, 0.2) is 0 Å². The van der Waals surface area contributed by atoms with E-state index in [0.29, 0.717) is 17.6 Å². The fraction of sp³-hybridized carbons (Fsp3) is 0.471. The van der Waals surface area contributed by atoms with Gasteiger partial charge in [0.25, 0.3) is 11.8 Å². The lowest BCUT2D eigenvalue weighted by molar-refractivity contribution is -0.155. The highest BCUT2D eigenvalue weighted by Gasteiger charge is 2.38. The van der Waals surface area contributed by atoms with Gasteiger partial charge in [-0.25, -0.2) is 4.21 Å². The third-order valence-electron chi connectivity index (χ3n) is 3.55. The summed E-state index contributed by atoms with van der Waals surface area (Å²) < 4.78 is 18.7. The largest absolute Gasteiger partial charge is 0.459 e. The molecule has 1 aliphatic heterocycles. The Kier molecular flexibility index (Phi) is 6.23. The number of alkyl halides is 1. The highest BCUT2D eigenvalue weighted by Crippen LogP contribution is 2.28. The standard InChI is InChI=1S/C17H21BrN2O5S/c1-17(2,3)25-14(21)10-19-15(22)12-6-5-11(9-13(12)16(19)23)20(8-7-18)26(4)24/h5-6,9H,7-8,10H2,1-4H3. The average molecular weight is 445 g/mol. The summed E-state index contributed by atoms with van der Waals surface area (Å²) in [6, 6.07) is 4.70. The Balaban J connectivity index is 2.27. The van der Waals surface area contributed by atoms with Crippen molar-refractivity contribution in [3.63, 3.8) is 0 Å². The van der Waals surface area contributed by atoms with E-state index in [1.807, 2.05) is 0 Å². The number of amides is 2. The monoisotopic (exact) mass is 444 g/mol. The smallest absolute Gasteiger partial charge is 0.326 e. The number of benzene rings is 1. The molecule has 1 atom stereocenters. The fourth-order valence-electron chi connectivity index (χ4n) is 2.56. The van der Waals surface area contributed by atoms with Gasteiger partial charge in [-0.3, -0.25) is 23.6 Å². The molecule has 7 nitrogen and oxygen atoms in total. The van der Waals surface area contributed by atoms with Gasteiger partial charge in [0.2, 0.25) is 0 Å². The Hall–Kier alpha value is -1.74. The topological polar surface area (TPSA) is 84.0 Å². The Labute approximate surface area is 163 Å². The summed E-state index contributed by atoms with van der Waals surface area (Å²) in [4.78, 5) is 37.9. The Morgan fingerprint density at radius 1 is 1.23 bits per heavy atom. The first-order chi connectivity index (χ1) is 12.0. The van der Waals surface area contributed by atoms with Crippen LogP contribution in [0.25, 0.3) is 0 Å². The molecule has 142 valence electrons. The van der Waals surface area contributed by atoms with Gasteiger partial charge in [0, 0.05) is 18.1 Å². The molecule has 0 fully saturated rings. The molecule has 9 heteroatoms. The first-order valence-corrected chi connectivity index (χ1v) is 10.6. The number of rotatable bonds is 6. The van der Waals surface area contributed by atoms with Crippen LogP contribution in [0.4, 0.5) is 5.69 Å².